The van der Waals surface area contributed by atoms with E-state index < -0.39 is 0 Å². The van der Waals surface area contributed by atoms with Crippen molar-refractivity contribution in [2.45, 2.75) is 24.9 Å². The Kier molecular flexibility index (Phi) is 3.66. The van der Waals surface area contributed by atoms with Crippen molar-refractivity contribution >= 4 is 5.91 Å². The van der Waals surface area contributed by atoms with Crippen molar-refractivity contribution in [3.8, 4) is 11.1 Å². The van der Waals surface area contributed by atoms with E-state index in [1.54, 1.807) is 0 Å². The molecular formula is C22H24N2O2. The molecule has 0 saturated carbocycles. The number of rotatable bonds is 1. The van der Waals surface area contributed by atoms with Gasteiger partial charge in [0.2, 0.25) is 0 Å². The maximum atomic E-state index is 12.7. The van der Waals surface area contributed by atoms with Gasteiger partial charge in [-0.15, -0.1) is 0 Å². The predicted molar refractivity (Wildman–Crippen MR) is 101 cm³/mol. The number of likely N-dealkylation sites (tertiary alicyclic amines) is 1. The molecule has 1 unspecified atom stereocenters. The minimum absolute atomic E-state index is 0.0418. The summed E-state index contributed by atoms with van der Waals surface area (Å²) in [6.45, 7) is 2.80. The van der Waals surface area contributed by atoms with Gasteiger partial charge in [-0.25, -0.2) is 0 Å². The van der Waals surface area contributed by atoms with E-state index >= 15 is 0 Å². The van der Waals surface area contributed by atoms with Crippen LogP contribution in [0.2, 0.25) is 0 Å². The van der Waals surface area contributed by atoms with Gasteiger partial charge in [0.25, 0.3) is 5.91 Å². The molecule has 0 bridgehead atoms. The van der Waals surface area contributed by atoms with Gasteiger partial charge in [-0.2, -0.15) is 0 Å². The zero-order chi connectivity index (χ0) is 17.8. The summed E-state index contributed by atoms with van der Waals surface area (Å²) in [5, 5.41) is 13.3. The Morgan fingerprint density at radius 3 is 2.77 bits per heavy atom. The van der Waals surface area contributed by atoms with Crippen LogP contribution in [0.15, 0.2) is 36.4 Å². The number of aliphatic hydroxyl groups excluding tert-OH is 1. The molecule has 2 aromatic rings. The Morgan fingerprint density at radius 2 is 1.88 bits per heavy atom. The lowest BCUT2D eigenvalue weighted by Crippen LogP contribution is -2.29. The van der Waals surface area contributed by atoms with E-state index in [-0.39, 0.29) is 12.0 Å². The number of nitrogens with one attached hydrogen (secondary N) is 1. The van der Waals surface area contributed by atoms with Crippen molar-refractivity contribution in [2.24, 2.45) is 5.92 Å². The van der Waals surface area contributed by atoms with Gasteiger partial charge in [-0.05, 0) is 65.8 Å². The van der Waals surface area contributed by atoms with E-state index in [9.17, 15) is 9.90 Å². The van der Waals surface area contributed by atoms with Crippen LogP contribution < -0.4 is 5.32 Å². The maximum absolute atomic E-state index is 12.7. The summed E-state index contributed by atoms with van der Waals surface area (Å²) in [7, 11) is 2.15. The lowest BCUT2D eigenvalue weighted by Gasteiger charge is -2.17. The Labute approximate surface area is 153 Å². The largest absolute Gasteiger partial charge is 0.388 e. The Morgan fingerprint density at radius 1 is 1.08 bits per heavy atom. The number of carbonyl (C=O) groups is 1. The molecule has 1 saturated heterocycles. The van der Waals surface area contributed by atoms with Gasteiger partial charge in [0.15, 0.2) is 0 Å². The second kappa shape index (κ2) is 5.93. The average Bonchev–Trinajstić information content (AvgIpc) is 3.18. The molecule has 2 aromatic carbocycles. The molecule has 1 fully saturated rings. The third kappa shape index (κ3) is 2.48. The third-order valence-electron chi connectivity index (χ3n) is 6.37. The summed E-state index contributed by atoms with van der Waals surface area (Å²) in [6.07, 6.45) is 1.39. The van der Waals surface area contributed by atoms with Crippen LogP contribution in [0.3, 0.4) is 0 Å². The topological polar surface area (TPSA) is 52.6 Å². The van der Waals surface area contributed by atoms with Gasteiger partial charge in [0.1, 0.15) is 0 Å². The first-order chi connectivity index (χ1) is 12.6. The highest BCUT2D eigenvalue weighted by Crippen LogP contribution is 2.38. The van der Waals surface area contributed by atoms with E-state index in [0.29, 0.717) is 11.8 Å². The van der Waals surface area contributed by atoms with E-state index in [4.69, 9.17) is 0 Å². The van der Waals surface area contributed by atoms with Gasteiger partial charge in [-0.1, -0.05) is 24.3 Å². The molecule has 5 rings (SSSR count). The standard InChI is InChI=1S/C22H24N2O2/c1-24-11-16-10-23-22(26)19-9-15(4-6-17(19)20(16)12-24)14-3-2-13-5-7-21(25)18(13)8-14/h2-4,6,8-9,16,20-21,25H,5,7,10-12H2,1H3,(H,23,26)/t16-,20-,21?/m0/s1. The number of hydrogen-bond donors (Lipinski definition) is 2. The number of nitrogens with zero attached hydrogens (tertiary/aromatic N) is 1. The van der Waals surface area contributed by atoms with Crippen molar-refractivity contribution < 1.29 is 9.90 Å². The van der Waals surface area contributed by atoms with Crippen LogP contribution in [0.4, 0.5) is 0 Å². The van der Waals surface area contributed by atoms with Gasteiger partial charge < -0.3 is 15.3 Å². The number of benzene rings is 2. The number of carbonyl (C=O) groups excluding carboxylic acids is 1. The third-order valence-corrected chi connectivity index (χ3v) is 6.37. The molecular weight excluding hydrogens is 324 g/mol. The van der Waals surface area contributed by atoms with Crippen LogP contribution in [0.1, 0.15) is 45.5 Å². The normalized spacial score (nSPS) is 27.5. The van der Waals surface area contributed by atoms with Crippen molar-refractivity contribution in [3.05, 3.63) is 58.7 Å². The molecule has 4 heteroatoms. The Bertz CT molecular complexity index is 892. The highest BCUT2D eigenvalue weighted by Gasteiger charge is 2.36. The molecule has 3 atom stereocenters. The summed E-state index contributed by atoms with van der Waals surface area (Å²) in [5.41, 5.74) is 6.39. The smallest absolute Gasteiger partial charge is 0.251 e. The second-order valence-electron chi connectivity index (χ2n) is 8.07. The van der Waals surface area contributed by atoms with E-state index in [0.717, 1.165) is 54.7 Å². The summed E-state index contributed by atoms with van der Waals surface area (Å²) < 4.78 is 0. The number of amides is 1. The average molecular weight is 348 g/mol. The molecule has 1 amide bonds. The lowest BCUT2D eigenvalue weighted by atomic mass is 9.86. The lowest BCUT2D eigenvalue weighted by molar-refractivity contribution is 0.0951. The molecule has 0 radical (unpaired) electrons. The second-order valence-corrected chi connectivity index (χ2v) is 8.07. The van der Waals surface area contributed by atoms with Crippen molar-refractivity contribution in [2.75, 3.05) is 26.7 Å². The first-order valence-corrected chi connectivity index (χ1v) is 9.52. The van der Waals surface area contributed by atoms with E-state index in [1.165, 1.54) is 11.1 Å². The number of fused-ring (bicyclic) bond motifs is 4. The molecule has 0 aromatic heterocycles. The van der Waals surface area contributed by atoms with Gasteiger partial charge >= 0.3 is 0 Å². The van der Waals surface area contributed by atoms with E-state index in [2.05, 4.69) is 47.6 Å². The number of likely N-dealkylation sites (N-methyl/N-ethyl adjacent to an activating group) is 1. The fourth-order valence-electron chi connectivity index (χ4n) is 4.98. The van der Waals surface area contributed by atoms with Crippen LogP contribution in [0.5, 0.6) is 0 Å². The minimum Gasteiger partial charge on any atom is -0.388 e. The predicted octanol–water partition coefficient (Wildman–Crippen LogP) is 2.72. The van der Waals surface area contributed by atoms with E-state index in [1.807, 2.05) is 6.07 Å². The van der Waals surface area contributed by atoms with Gasteiger partial charge in [-0.3, -0.25) is 4.79 Å². The molecule has 1 aliphatic carbocycles. The minimum atomic E-state index is -0.358. The molecule has 26 heavy (non-hydrogen) atoms. The van der Waals surface area contributed by atoms with Gasteiger partial charge in [0, 0.05) is 31.1 Å². The molecule has 134 valence electrons. The molecule has 2 N–H and O–H groups in total. The van der Waals surface area contributed by atoms with Crippen molar-refractivity contribution in [1.82, 2.24) is 10.2 Å². The number of aryl methyl sites for hydroxylation is 1. The van der Waals surface area contributed by atoms with Crippen LogP contribution in [0, 0.1) is 5.92 Å². The monoisotopic (exact) mass is 348 g/mol. The Balaban J connectivity index is 1.57. The number of aliphatic hydroxyl groups is 1. The van der Waals surface area contributed by atoms with Crippen molar-refractivity contribution in [3.63, 3.8) is 0 Å². The molecule has 3 aliphatic rings. The fraction of sp³-hybridized carbons (Fsp3) is 0.409. The van der Waals surface area contributed by atoms with Crippen LogP contribution in [-0.2, 0) is 6.42 Å². The SMILES string of the molecule is CN1C[C@@H]2CNC(=O)c3cc(-c4ccc5c(c4)C(O)CC5)ccc3[C@H]2C1. The zero-order valence-corrected chi connectivity index (χ0v) is 15.0. The fourth-order valence-corrected chi connectivity index (χ4v) is 4.98. The molecule has 0 spiro atoms. The quantitative estimate of drug-likeness (QED) is 0.833. The molecule has 4 nitrogen and oxygen atoms in total. The highest BCUT2D eigenvalue weighted by molar-refractivity contribution is 5.97. The van der Waals surface area contributed by atoms with Crippen LogP contribution >= 0.6 is 0 Å². The first kappa shape index (κ1) is 16.0. The zero-order valence-electron chi connectivity index (χ0n) is 15.0. The number of hydrogen-bond acceptors (Lipinski definition) is 3. The van der Waals surface area contributed by atoms with Crippen LogP contribution in [0.25, 0.3) is 11.1 Å². The molecule has 2 heterocycles. The van der Waals surface area contributed by atoms with Crippen LogP contribution in [-0.4, -0.2) is 42.6 Å². The Hall–Kier alpha value is -2.17. The van der Waals surface area contributed by atoms with Crippen molar-refractivity contribution in [1.29, 1.82) is 0 Å². The highest BCUT2D eigenvalue weighted by atomic mass is 16.3. The summed E-state index contributed by atoms with van der Waals surface area (Å²) >= 11 is 0. The summed E-state index contributed by atoms with van der Waals surface area (Å²) in [4.78, 5) is 15.0. The first-order valence-electron chi connectivity index (χ1n) is 9.52. The maximum Gasteiger partial charge on any atom is 0.251 e. The summed E-state index contributed by atoms with van der Waals surface area (Å²) in [6, 6.07) is 12.6. The molecule has 2 aliphatic heterocycles. The summed E-state index contributed by atoms with van der Waals surface area (Å²) in [5.74, 6) is 0.955. The van der Waals surface area contributed by atoms with Gasteiger partial charge in [0.05, 0.1) is 6.10 Å².